The number of rotatable bonds is 4. The molecule has 0 bridgehead atoms. The quantitative estimate of drug-likeness (QED) is 0.777. The summed E-state index contributed by atoms with van der Waals surface area (Å²) in [4.78, 5) is 0. The summed E-state index contributed by atoms with van der Waals surface area (Å²) in [5.41, 5.74) is 0.855. The normalized spacial score (nSPS) is 12.8. The first-order chi connectivity index (χ1) is 6.65. The lowest BCUT2D eigenvalue weighted by Crippen LogP contribution is -2.19. The molecular weight excluding hydrogens is 181 g/mol. The Balaban J connectivity index is 2.70. The van der Waals surface area contributed by atoms with Gasteiger partial charge in [0.05, 0.1) is 0 Å². The van der Waals surface area contributed by atoms with Crippen molar-refractivity contribution < 1.29 is 9.50 Å². The first kappa shape index (κ1) is 11.0. The number of aromatic hydroxyl groups is 1. The zero-order valence-electron chi connectivity index (χ0n) is 8.55. The molecule has 78 valence electrons. The summed E-state index contributed by atoms with van der Waals surface area (Å²) < 4.78 is 13.0. The molecule has 0 saturated heterocycles. The predicted octanol–water partition coefficient (Wildman–Crippen LogP) is 2.59. The molecule has 1 atom stereocenters. The number of phenolic OH excluding ortho intramolecular Hbond substituents is 1. The molecule has 0 heterocycles. The molecule has 2 nitrogen and oxygen atoms in total. The van der Waals surface area contributed by atoms with Crippen LogP contribution < -0.4 is 5.32 Å². The third-order valence-electron chi connectivity index (χ3n) is 2.17. The van der Waals surface area contributed by atoms with Crippen LogP contribution in [-0.2, 0) is 0 Å². The van der Waals surface area contributed by atoms with Crippen molar-refractivity contribution in [2.45, 2.75) is 26.3 Å². The van der Waals surface area contributed by atoms with Gasteiger partial charge in [-0.15, -0.1) is 0 Å². The molecule has 1 unspecified atom stereocenters. The lowest BCUT2D eigenvalue weighted by Gasteiger charge is -2.13. The minimum Gasteiger partial charge on any atom is -0.505 e. The summed E-state index contributed by atoms with van der Waals surface area (Å²) in [7, 11) is 0. The second-order valence-corrected chi connectivity index (χ2v) is 3.39. The largest absolute Gasteiger partial charge is 0.505 e. The third-order valence-corrected chi connectivity index (χ3v) is 2.17. The summed E-state index contributed by atoms with van der Waals surface area (Å²) in [5.74, 6) is -0.857. The van der Waals surface area contributed by atoms with Gasteiger partial charge in [-0.1, -0.05) is 13.0 Å². The molecule has 0 radical (unpaired) electrons. The fraction of sp³-hybridized carbons (Fsp3) is 0.455. The monoisotopic (exact) mass is 197 g/mol. The number of benzene rings is 1. The van der Waals surface area contributed by atoms with Gasteiger partial charge in [0.15, 0.2) is 11.6 Å². The molecule has 2 N–H and O–H groups in total. The summed E-state index contributed by atoms with van der Waals surface area (Å²) >= 11 is 0. The van der Waals surface area contributed by atoms with E-state index in [0.29, 0.717) is 0 Å². The molecule has 1 aromatic rings. The minimum atomic E-state index is -0.562. The summed E-state index contributed by atoms with van der Waals surface area (Å²) in [6.45, 7) is 4.96. The predicted molar refractivity (Wildman–Crippen MR) is 54.8 cm³/mol. The third kappa shape index (κ3) is 2.70. The van der Waals surface area contributed by atoms with Gasteiger partial charge >= 0.3 is 0 Å². The molecule has 0 saturated carbocycles. The van der Waals surface area contributed by atoms with Crippen LogP contribution in [0.15, 0.2) is 18.2 Å². The van der Waals surface area contributed by atoms with Crippen molar-refractivity contribution >= 4 is 0 Å². The van der Waals surface area contributed by atoms with Gasteiger partial charge in [0.1, 0.15) is 0 Å². The molecule has 14 heavy (non-hydrogen) atoms. The minimum absolute atomic E-state index is 0.116. The van der Waals surface area contributed by atoms with Crippen molar-refractivity contribution in [1.29, 1.82) is 0 Å². The second kappa shape index (κ2) is 4.96. The maximum Gasteiger partial charge on any atom is 0.165 e. The molecule has 0 aliphatic rings. The van der Waals surface area contributed by atoms with Crippen LogP contribution in [0, 0.1) is 5.82 Å². The molecule has 1 rings (SSSR count). The summed E-state index contributed by atoms with van der Waals surface area (Å²) in [5, 5.41) is 12.3. The van der Waals surface area contributed by atoms with Crippen molar-refractivity contribution in [3.05, 3.63) is 29.6 Å². The Labute approximate surface area is 83.8 Å². The van der Waals surface area contributed by atoms with E-state index in [9.17, 15) is 4.39 Å². The Morgan fingerprint density at radius 1 is 1.50 bits per heavy atom. The van der Waals surface area contributed by atoms with E-state index in [1.807, 2.05) is 6.92 Å². The van der Waals surface area contributed by atoms with Gasteiger partial charge in [0.2, 0.25) is 0 Å². The second-order valence-electron chi connectivity index (χ2n) is 3.39. The lowest BCUT2D eigenvalue weighted by atomic mass is 10.1. The van der Waals surface area contributed by atoms with Crippen molar-refractivity contribution in [2.75, 3.05) is 6.54 Å². The highest BCUT2D eigenvalue weighted by Gasteiger charge is 2.07. The fourth-order valence-corrected chi connectivity index (χ4v) is 1.27. The SMILES string of the molecule is CCCNC(C)c1ccc(O)c(F)c1. The van der Waals surface area contributed by atoms with E-state index in [2.05, 4.69) is 12.2 Å². The molecule has 0 aliphatic heterocycles. The Kier molecular flexibility index (Phi) is 3.89. The maximum atomic E-state index is 13.0. The highest BCUT2D eigenvalue weighted by atomic mass is 19.1. The highest BCUT2D eigenvalue weighted by Crippen LogP contribution is 2.20. The van der Waals surface area contributed by atoms with E-state index in [4.69, 9.17) is 5.11 Å². The Morgan fingerprint density at radius 3 is 2.79 bits per heavy atom. The first-order valence-electron chi connectivity index (χ1n) is 4.87. The Bertz CT molecular complexity index is 301. The molecule has 0 aromatic heterocycles. The van der Waals surface area contributed by atoms with Crippen LogP contribution in [0.25, 0.3) is 0 Å². The van der Waals surface area contributed by atoms with Gasteiger partial charge in [0, 0.05) is 6.04 Å². The number of nitrogens with one attached hydrogen (secondary N) is 1. The van der Waals surface area contributed by atoms with Gasteiger partial charge in [-0.25, -0.2) is 4.39 Å². The number of halogens is 1. The molecule has 0 fully saturated rings. The average molecular weight is 197 g/mol. The molecule has 0 aliphatic carbocycles. The number of phenols is 1. The van der Waals surface area contributed by atoms with E-state index in [1.165, 1.54) is 12.1 Å². The van der Waals surface area contributed by atoms with Crippen molar-refractivity contribution in [2.24, 2.45) is 0 Å². The van der Waals surface area contributed by atoms with Crippen LogP contribution >= 0.6 is 0 Å². The molecule has 0 spiro atoms. The highest BCUT2D eigenvalue weighted by molar-refractivity contribution is 5.29. The first-order valence-corrected chi connectivity index (χ1v) is 4.87. The van der Waals surface area contributed by atoms with Gasteiger partial charge < -0.3 is 10.4 Å². The smallest absolute Gasteiger partial charge is 0.165 e. The van der Waals surface area contributed by atoms with Gasteiger partial charge in [-0.05, 0) is 37.6 Å². The molecule has 0 amide bonds. The maximum absolute atomic E-state index is 13.0. The van der Waals surface area contributed by atoms with Crippen LogP contribution in [0.3, 0.4) is 0 Å². The van der Waals surface area contributed by atoms with Crippen molar-refractivity contribution in [1.82, 2.24) is 5.32 Å². The lowest BCUT2D eigenvalue weighted by molar-refractivity contribution is 0.430. The number of hydrogen-bond donors (Lipinski definition) is 2. The Hall–Kier alpha value is -1.09. The molecule has 1 aromatic carbocycles. The zero-order valence-corrected chi connectivity index (χ0v) is 8.55. The van der Waals surface area contributed by atoms with E-state index < -0.39 is 5.82 Å². The van der Waals surface area contributed by atoms with Crippen LogP contribution in [0.4, 0.5) is 4.39 Å². The van der Waals surface area contributed by atoms with E-state index in [1.54, 1.807) is 6.07 Å². The average Bonchev–Trinajstić information content (AvgIpc) is 2.18. The van der Waals surface area contributed by atoms with E-state index in [0.717, 1.165) is 18.5 Å². The zero-order chi connectivity index (χ0) is 10.6. The summed E-state index contributed by atoms with van der Waals surface area (Å²) in [6.07, 6.45) is 1.05. The topological polar surface area (TPSA) is 32.3 Å². The summed E-state index contributed by atoms with van der Waals surface area (Å²) in [6, 6.07) is 4.59. The van der Waals surface area contributed by atoms with Crippen LogP contribution in [0.2, 0.25) is 0 Å². The fourth-order valence-electron chi connectivity index (χ4n) is 1.27. The van der Waals surface area contributed by atoms with Crippen molar-refractivity contribution in [3.8, 4) is 5.75 Å². The van der Waals surface area contributed by atoms with Crippen molar-refractivity contribution in [3.63, 3.8) is 0 Å². The molecule has 3 heteroatoms. The van der Waals surface area contributed by atoms with Gasteiger partial charge in [0.25, 0.3) is 0 Å². The molecular formula is C11H16FNO. The number of hydrogen-bond acceptors (Lipinski definition) is 2. The van der Waals surface area contributed by atoms with Crippen LogP contribution in [0.1, 0.15) is 31.9 Å². The van der Waals surface area contributed by atoms with E-state index in [-0.39, 0.29) is 11.8 Å². The van der Waals surface area contributed by atoms with E-state index >= 15 is 0 Å². The van der Waals surface area contributed by atoms with Crippen LogP contribution in [-0.4, -0.2) is 11.7 Å². The van der Waals surface area contributed by atoms with Gasteiger partial charge in [-0.2, -0.15) is 0 Å². The Morgan fingerprint density at radius 2 is 2.21 bits per heavy atom. The van der Waals surface area contributed by atoms with Crippen LogP contribution in [0.5, 0.6) is 5.75 Å². The van der Waals surface area contributed by atoms with Gasteiger partial charge in [-0.3, -0.25) is 0 Å². The standard InChI is InChI=1S/C11H16FNO/c1-3-6-13-8(2)9-4-5-11(14)10(12)7-9/h4-5,7-8,13-14H,3,6H2,1-2H3.